The maximum Gasteiger partial charge on any atom is 0.341 e. The Morgan fingerprint density at radius 3 is 2.73 bits per heavy atom. The lowest BCUT2D eigenvalue weighted by Crippen LogP contribution is -2.52. The number of hydrogen-bond acceptors (Lipinski definition) is 4. The fourth-order valence-corrected chi connectivity index (χ4v) is 5.14. The highest BCUT2D eigenvalue weighted by atomic mass is 19.1. The Bertz CT molecular complexity index is 1130. The number of aromatic nitrogens is 1. The first-order valence-corrected chi connectivity index (χ1v) is 10.2. The van der Waals surface area contributed by atoms with Gasteiger partial charge in [0.1, 0.15) is 23.2 Å². The van der Waals surface area contributed by atoms with Crippen molar-refractivity contribution in [2.75, 3.05) is 24.5 Å². The van der Waals surface area contributed by atoms with E-state index in [0.717, 1.165) is 36.2 Å². The normalized spacial score (nSPS) is 30.5. The van der Waals surface area contributed by atoms with E-state index in [2.05, 4.69) is 5.32 Å². The van der Waals surface area contributed by atoms with E-state index in [0.29, 0.717) is 13.1 Å². The van der Waals surface area contributed by atoms with E-state index >= 15 is 8.78 Å². The maximum absolute atomic E-state index is 15.7. The summed E-state index contributed by atoms with van der Waals surface area (Å²) < 4.78 is 45.8. The fourth-order valence-electron chi connectivity index (χ4n) is 5.14. The summed E-state index contributed by atoms with van der Waals surface area (Å²) >= 11 is 0. The molecular formula is C21H22F3N3O3. The van der Waals surface area contributed by atoms with Gasteiger partial charge in [0, 0.05) is 31.2 Å². The number of nitrogens with one attached hydrogen (secondary N) is 1. The fraction of sp³-hybridized carbons (Fsp3) is 0.524. The molecule has 1 unspecified atom stereocenters. The number of aromatic carboxylic acids is 1. The first kappa shape index (κ1) is 19.4. The van der Waals surface area contributed by atoms with Gasteiger partial charge >= 0.3 is 5.97 Å². The van der Waals surface area contributed by atoms with Gasteiger partial charge in [-0.15, -0.1) is 0 Å². The van der Waals surface area contributed by atoms with Crippen LogP contribution in [-0.4, -0.2) is 47.0 Å². The molecule has 0 amide bonds. The molecule has 0 spiro atoms. The number of benzene rings is 1. The predicted octanol–water partition coefficient (Wildman–Crippen LogP) is 2.84. The second-order valence-electron chi connectivity index (χ2n) is 8.88. The molecule has 1 aromatic carbocycles. The van der Waals surface area contributed by atoms with Crippen LogP contribution in [0.4, 0.5) is 18.9 Å². The number of alkyl halides is 1. The monoisotopic (exact) mass is 421 g/mol. The molecule has 2 aliphatic heterocycles. The average Bonchev–Trinajstić information content (AvgIpc) is 3.29. The second kappa shape index (κ2) is 6.47. The summed E-state index contributed by atoms with van der Waals surface area (Å²) in [6, 6.07) is 0.131. The zero-order chi connectivity index (χ0) is 21.4. The molecule has 6 nitrogen and oxygen atoms in total. The number of piperidine rings is 1. The van der Waals surface area contributed by atoms with Crippen molar-refractivity contribution < 1.29 is 23.1 Å². The van der Waals surface area contributed by atoms with Crippen LogP contribution in [0, 0.1) is 17.6 Å². The zero-order valence-electron chi connectivity index (χ0n) is 16.4. The molecule has 9 heteroatoms. The highest BCUT2D eigenvalue weighted by Crippen LogP contribution is 2.43. The lowest BCUT2D eigenvalue weighted by molar-refractivity contribution is 0.0694. The van der Waals surface area contributed by atoms with E-state index in [4.69, 9.17) is 0 Å². The molecule has 160 valence electrons. The Morgan fingerprint density at radius 1 is 1.37 bits per heavy atom. The van der Waals surface area contributed by atoms with Gasteiger partial charge in [0.2, 0.25) is 5.43 Å². The largest absolute Gasteiger partial charge is 0.477 e. The standard InChI is InChI=1S/C21H22F3N3O3/c1-21-9-26(7-10(21)3-2-4-25-21)18-14(23)5-11-17(16(18)24)27(15-6-13(15)22)8-12(19(11)28)20(29)30/h5,8,10,13,15,25H,2-4,6-7,9H2,1H3,(H,29,30)/t10-,13-,15?,21+/m0/s1. The SMILES string of the molecule is C[C@@]12CN(c3c(F)cc4c(=O)c(C(=O)O)cn(C5C[C@@H]5F)c4c3F)C[C@@H]1CCCN2. The Morgan fingerprint density at radius 2 is 2.10 bits per heavy atom. The number of pyridine rings is 1. The molecule has 3 fully saturated rings. The number of hydrogen-bond donors (Lipinski definition) is 2. The van der Waals surface area contributed by atoms with Crippen molar-refractivity contribution in [2.24, 2.45) is 5.92 Å². The highest BCUT2D eigenvalue weighted by molar-refractivity contribution is 5.94. The van der Waals surface area contributed by atoms with E-state index in [1.165, 1.54) is 0 Å². The molecular weight excluding hydrogens is 399 g/mol. The molecule has 3 aliphatic rings. The maximum atomic E-state index is 15.7. The lowest BCUT2D eigenvalue weighted by atomic mass is 9.82. The minimum atomic E-state index is -1.51. The summed E-state index contributed by atoms with van der Waals surface area (Å²) in [6.07, 6.45) is 1.76. The van der Waals surface area contributed by atoms with Crippen LogP contribution in [0.15, 0.2) is 17.1 Å². The third kappa shape index (κ3) is 2.74. The van der Waals surface area contributed by atoms with Gasteiger partial charge in [0.25, 0.3) is 0 Å². The molecule has 1 aromatic heterocycles. The van der Waals surface area contributed by atoms with Crippen LogP contribution in [0.3, 0.4) is 0 Å². The van der Waals surface area contributed by atoms with Crippen molar-refractivity contribution in [1.29, 1.82) is 0 Å². The van der Waals surface area contributed by atoms with Gasteiger partial charge in [0.15, 0.2) is 5.82 Å². The smallest absolute Gasteiger partial charge is 0.341 e. The molecule has 2 saturated heterocycles. The summed E-state index contributed by atoms with van der Waals surface area (Å²) in [7, 11) is 0. The highest BCUT2D eigenvalue weighted by Gasteiger charge is 2.46. The number of rotatable bonds is 3. The summed E-state index contributed by atoms with van der Waals surface area (Å²) in [5.74, 6) is -3.14. The van der Waals surface area contributed by atoms with Crippen LogP contribution < -0.4 is 15.6 Å². The van der Waals surface area contributed by atoms with Crippen LogP contribution in [0.5, 0.6) is 0 Å². The van der Waals surface area contributed by atoms with Crippen LogP contribution >= 0.6 is 0 Å². The molecule has 0 bridgehead atoms. The van der Waals surface area contributed by atoms with E-state index in [1.54, 1.807) is 4.90 Å². The van der Waals surface area contributed by atoms with E-state index in [9.17, 15) is 19.1 Å². The predicted molar refractivity (Wildman–Crippen MR) is 105 cm³/mol. The number of anilines is 1. The molecule has 0 radical (unpaired) electrons. The van der Waals surface area contributed by atoms with E-state index < -0.39 is 40.8 Å². The molecule has 4 atom stereocenters. The molecule has 2 N–H and O–H groups in total. The van der Waals surface area contributed by atoms with Crippen LogP contribution in [0.25, 0.3) is 10.9 Å². The molecule has 2 aromatic rings. The van der Waals surface area contributed by atoms with Gasteiger partial charge in [-0.25, -0.2) is 18.0 Å². The lowest BCUT2D eigenvalue weighted by Gasteiger charge is -2.36. The topological polar surface area (TPSA) is 74.6 Å². The minimum Gasteiger partial charge on any atom is -0.477 e. The Labute approximate surface area is 170 Å². The van der Waals surface area contributed by atoms with Crippen LogP contribution in [-0.2, 0) is 0 Å². The summed E-state index contributed by atoms with van der Waals surface area (Å²) in [5.41, 5.74) is -2.35. The van der Waals surface area contributed by atoms with E-state index in [1.807, 2.05) is 6.92 Å². The average molecular weight is 421 g/mol. The number of halogens is 3. The molecule has 30 heavy (non-hydrogen) atoms. The van der Waals surface area contributed by atoms with Crippen molar-refractivity contribution >= 4 is 22.6 Å². The Hall–Kier alpha value is -2.55. The van der Waals surface area contributed by atoms with Crippen molar-refractivity contribution in [3.63, 3.8) is 0 Å². The number of nitrogens with zero attached hydrogens (tertiary/aromatic N) is 2. The van der Waals surface area contributed by atoms with Crippen molar-refractivity contribution in [3.05, 3.63) is 39.7 Å². The third-order valence-corrected chi connectivity index (χ3v) is 6.89. The minimum absolute atomic E-state index is 0.0942. The second-order valence-corrected chi connectivity index (χ2v) is 8.88. The molecule has 1 aliphatic carbocycles. The number of carbonyl (C=O) groups is 1. The molecule has 1 saturated carbocycles. The van der Waals surface area contributed by atoms with Gasteiger partial charge in [-0.3, -0.25) is 4.79 Å². The number of carboxylic acids is 1. The van der Waals surface area contributed by atoms with Gasteiger partial charge in [0.05, 0.1) is 16.9 Å². The van der Waals surface area contributed by atoms with Gasteiger partial charge in [-0.2, -0.15) is 0 Å². The van der Waals surface area contributed by atoms with Crippen LogP contribution in [0.2, 0.25) is 0 Å². The summed E-state index contributed by atoms with van der Waals surface area (Å²) in [5, 5.41) is 12.4. The number of fused-ring (bicyclic) bond motifs is 2. The number of carboxylic acid groups (broad SMARTS) is 1. The van der Waals surface area contributed by atoms with Gasteiger partial charge < -0.3 is 19.9 Å². The Balaban J connectivity index is 1.71. The first-order valence-electron chi connectivity index (χ1n) is 10.2. The molecule has 3 heterocycles. The summed E-state index contributed by atoms with van der Waals surface area (Å²) in [4.78, 5) is 25.7. The zero-order valence-corrected chi connectivity index (χ0v) is 16.4. The Kier molecular flexibility index (Phi) is 4.19. The quantitative estimate of drug-likeness (QED) is 0.797. The first-order chi connectivity index (χ1) is 14.2. The van der Waals surface area contributed by atoms with Gasteiger partial charge in [-0.05, 0) is 38.3 Å². The van der Waals surface area contributed by atoms with Crippen molar-refractivity contribution in [2.45, 2.75) is 43.9 Å². The third-order valence-electron chi connectivity index (χ3n) is 6.89. The van der Waals surface area contributed by atoms with Gasteiger partial charge in [-0.1, -0.05) is 0 Å². The van der Waals surface area contributed by atoms with Crippen molar-refractivity contribution in [1.82, 2.24) is 9.88 Å². The van der Waals surface area contributed by atoms with Crippen molar-refractivity contribution in [3.8, 4) is 0 Å². The molecule has 5 rings (SSSR count). The van der Waals surface area contributed by atoms with E-state index in [-0.39, 0.29) is 34.5 Å². The summed E-state index contributed by atoms with van der Waals surface area (Å²) in [6.45, 7) is 3.76. The van der Waals surface area contributed by atoms with Crippen LogP contribution in [0.1, 0.15) is 42.6 Å².